The fourth-order valence-corrected chi connectivity index (χ4v) is 1.08. The molecule has 0 spiro atoms. The van der Waals surface area contributed by atoms with Crippen LogP contribution in [0, 0.1) is 0 Å². The summed E-state index contributed by atoms with van der Waals surface area (Å²) in [6.45, 7) is 1.20. The number of carboxylic acids is 1. The van der Waals surface area contributed by atoms with Crippen molar-refractivity contribution in [2.24, 2.45) is 0 Å². The zero-order valence-corrected chi connectivity index (χ0v) is 11.4. The van der Waals surface area contributed by atoms with E-state index in [2.05, 4.69) is 16.0 Å². The highest BCUT2D eigenvalue weighted by Gasteiger charge is 2.05. The largest absolute Gasteiger partial charge is 0.480 e. The molecule has 3 amide bonds. The molecule has 0 atom stereocenters. The second-order valence-electron chi connectivity index (χ2n) is 3.74. The number of hydrogen-bond donors (Lipinski definition) is 4. The van der Waals surface area contributed by atoms with Gasteiger partial charge in [0.15, 0.2) is 0 Å². The standard InChI is InChI=1S/C11H21N3O6/c1-19-5-6-20-4-2-3-12-11(18)14-7-9(15)13-8-10(16)17/h2-8H2,1H3,(H,13,15)(H,16,17)(H2,12,14,18). The van der Waals surface area contributed by atoms with Gasteiger partial charge in [0.2, 0.25) is 5.91 Å². The predicted octanol–water partition coefficient (Wildman–Crippen LogP) is -1.46. The summed E-state index contributed by atoms with van der Waals surface area (Å²) in [4.78, 5) is 32.5. The summed E-state index contributed by atoms with van der Waals surface area (Å²) in [6.07, 6.45) is 0.641. The van der Waals surface area contributed by atoms with Crippen molar-refractivity contribution in [3.05, 3.63) is 0 Å². The monoisotopic (exact) mass is 291 g/mol. The Bertz CT molecular complexity index is 311. The Kier molecular flexibility index (Phi) is 11.0. The second-order valence-corrected chi connectivity index (χ2v) is 3.74. The lowest BCUT2D eigenvalue weighted by atomic mass is 10.4. The van der Waals surface area contributed by atoms with Crippen LogP contribution in [0.3, 0.4) is 0 Å². The number of amides is 3. The molecule has 0 aliphatic heterocycles. The number of nitrogens with one attached hydrogen (secondary N) is 3. The molecule has 0 saturated carbocycles. The highest BCUT2D eigenvalue weighted by molar-refractivity contribution is 5.86. The zero-order chi connectivity index (χ0) is 15.2. The van der Waals surface area contributed by atoms with Gasteiger partial charge in [-0.2, -0.15) is 0 Å². The molecule has 20 heavy (non-hydrogen) atoms. The summed E-state index contributed by atoms with van der Waals surface area (Å²) >= 11 is 0. The highest BCUT2D eigenvalue weighted by atomic mass is 16.5. The van der Waals surface area contributed by atoms with Gasteiger partial charge in [0.05, 0.1) is 19.8 Å². The lowest BCUT2D eigenvalue weighted by Crippen LogP contribution is -2.43. The van der Waals surface area contributed by atoms with E-state index in [4.69, 9.17) is 14.6 Å². The van der Waals surface area contributed by atoms with Gasteiger partial charge in [-0.05, 0) is 6.42 Å². The Balaban J connectivity index is 3.40. The molecule has 0 fully saturated rings. The molecule has 0 aliphatic rings. The van der Waals surface area contributed by atoms with Crippen molar-refractivity contribution in [3.8, 4) is 0 Å². The lowest BCUT2D eigenvalue weighted by molar-refractivity contribution is -0.137. The molecular formula is C11H21N3O6. The number of carbonyl (C=O) groups is 3. The molecule has 4 N–H and O–H groups in total. The Morgan fingerprint density at radius 3 is 2.40 bits per heavy atom. The Morgan fingerprint density at radius 2 is 1.75 bits per heavy atom. The third kappa shape index (κ3) is 12.6. The number of carbonyl (C=O) groups excluding carboxylic acids is 2. The molecule has 0 aromatic rings. The van der Waals surface area contributed by atoms with Crippen molar-refractivity contribution >= 4 is 17.9 Å². The minimum absolute atomic E-state index is 0.274. The van der Waals surface area contributed by atoms with E-state index in [1.165, 1.54) is 0 Å². The van der Waals surface area contributed by atoms with Crippen molar-refractivity contribution < 1.29 is 29.0 Å². The molecule has 0 aliphatic carbocycles. The fraction of sp³-hybridized carbons (Fsp3) is 0.727. The van der Waals surface area contributed by atoms with Gasteiger partial charge in [-0.3, -0.25) is 9.59 Å². The van der Waals surface area contributed by atoms with Crippen molar-refractivity contribution in [2.75, 3.05) is 46.6 Å². The van der Waals surface area contributed by atoms with Gasteiger partial charge in [0.1, 0.15) is 6.54 Å². The number of ether oxygens (including phenoxy) is 2. The molecule has 0 saturated heterocycles. The van der Waals surface area contributed by atoms with Crippen LogP contribution in [0.15, 0.2) is 0 Å². The van der Waals surface area contributed by atoms with Gasteiger partial charge in [0, 0.05) is 20.3 Å². The van der Waals surface area contributed by atoms with Gasteiger partial charge in [-0.15, -0.1) is 0 Å². The molecule has 0 heterocycles. The summed E-state index contributed by atoms with van der Waals surface area (Å²) in [5, 5.41) is 15.3. The highest BCUT2D eigenvalue weighted by Crippen LogP contribution is 1.81. The van der Waals surface area contributed by atoms with Gasteiger partial charge in [0.25, 0.3) is 0 Å². The maximum Gasteiger partial charge on any atom is 0.322 e. The molecule has 0 radical (unpaired) electrons. The van der Waals surface area contributed by atoms with Crippen LogP contribution < -0.4 is 16.0 Å². The average Bonchev–Trinajstić information content (AvgIpc) is 2.41. The average molecular weight is 291 g/mol. The molecule has 116 valence electrons. The Labute approximate surface area is 117 Å². The SMILES string of the molecule is COCCOCCCNC(=O)NCC(=O)NCC(=O)O. The van der Waals surface area contributed by atoms with E-state index in [9.17, 15) is 14.4 Å². The number of carboxylic acid groups (broad SMARTS) is 1. The third-order valence-corrected chi connectivity index (χ3v) is 2.03. The number of methoxy groups -OCH3 is 1. The Hall–Kier alpha value is -1.87. The van der Waals surface area contributed by atoms with E-state index in [-0.39, 0.29) is 6.54 Å². The number of urea groups is 1. The number of aliphatic carboxylic acids is 1. The quantitative estimate of drug-likeness (QED) is 0.345. The van der Waals surface area contributed by atoms with E-state index in [0.717, 1.165) is 0 Å². The van der Waals surface area contributed by atoms with E-state index in [0.29, 0.717) is 32.8 Å². The van der Waals surface area contributed by atoms with E-state index >= 15 is 0 Å². The molecule has 0 rings (SSSR count). The van der Waals surface area contributed by atoms with Crippen LogP contribution in [0.2, 0.25) is 0 Å². The first-order chi connectivity index (χ1) is 9.56. The second kappa shape index (κ2) is 12.2. The maximum absolute atomic E-state index is 11.2. The molecule has 0 aromatic heterocycles. The molecule has 0 aromatic carbocycles. The van der Waals surface area contributed by atoms with E-state index in [1.54, 1.807) is 7.11 Å². The van der Waals surface area contributed by atoms with Gasteiger partial charge in [-0.25, -0.2) is 4.79 Å². The Morgan fingerprint density at radius 1 is 1.00 bits per heavy atom. The van der Waals surface area contributed by atoms with Crippen LogP contribution in [-0.4, -0.2) is 69.6 Å². The summed E-state index contributed by atoms with van der Waals surface area (Å²) in [7, 11) is 1.59. The normalized spacial score (nSPS) is 9.85. The summed E-state index contributed by atoms with van der Waals surface area (Å²) in [5.74, 6) is -1.71. The first-order valence-electron chi connectivity index (χ1n) is 6.13. The topological polar surface area (TPSA) is 126 Å². The first-order valence-corrected chi connectivity index (χ1v) is 6.13. The van der Waals surface area contributed by atoms with Crippen LogP contribution in [0.4, 0.5) is 4.79 Å². The van der Waals surface area contributed by atoms with Crippen LogP contribution >= 0.6 is 0 Å². The fourth-order valence-electron chi connectivity index (χ4n) is 1.08. The summed E-state index contributed by atoms with van der Waals surface area (Å²) < 4.78 is 9.99. The van der Waals surface area contributed by atoms with E-state index in [1.807, 2.05) is 0 Å². The molecule has 0 bridgehead atoms. The van der Waals surface area contributed by atoms with E-state index < -0.39 is 24.5 Å². The van der Waals surface area contributed by atoms with Crippen LogP contribution in [0.25, 0.3) is 0 Å². The van der Waals surface area contributed by atoms with Gasteiger partial charge in [-0.1, -0.05) is 0 Å². The van der Waals surface area contributed by atoms with Gasteiger partial charge >= 0.3 is 12.0 Å². The van der Waals surface area contributed by atoms with Crippen LogP contribution in [-0.2, 0) is 19.1 Å². The van der Waals surface area contributed by atoms with Crippen LogP contribution in [0.5, 0.6) is 0 Å². The minimum Gasteiger partial charge on any atom is -0.480 e. The minimum atomic E-state index is -1.14. The summed E-state index contributed by atoms with van der Waals surface area (Å²) in [5.41, 5.74) is 0. The third-order valence-electron chi connectivity index (χ3n) is 2.03. The zero-order valence-electron chi connectivity index (χ0n) is 11.4. The van der Waals surface area contributed by atoms with Crippen molar-refractivity contribution in [1.82, 2.24) is 16.0 Å². The summed E-state index contributed by atoms with van der Waals surface area (Å²) in [6, 6.07) is -0.493. The number of rotatable bonds is 11. The van der Waals surface area contributed by atoms with Crippen molar-refractivity contribution in [2.45, 2.75) is 6.42 Å². The lowest BCUT2D eigenvalue weighted by Gasteiger charge is -2.08. The predicted molar refractivity (Wildman–Crippen MR) is 69.4 cm³/mol. The van der Waals surface area contributed by atoms with Crippen LogP contribution in [0.1, 0.15) is 6.42 Å². The molecule has 0 unspecified atom stereocenters. The first kappa shape index (κ1) is 18.1. The molecule has 9 heteroatoms. The van der Waals surface area contributed by atoms with Gasteiger partial charge < -0.3 is 30.5 Å². The number of hydrogen-bond acceptors (Lipinski definition) is 5. The maximum atomic E-state index is 11.2. The van der Waals surface area contributed by atoms with Crippen molar-refractivity contribution in [1.29, 1.82) is 0 Å². The smallest absolute Gasteiger partial charge is 0.322 e. The molecule has 9 nitrogen and oxygen atoms in total. The van der Waals surface area contributed by atoms with Crippen molar-refractivity contribution in [3.63, 3.8) is 0 Å². The molecular weight excluding hydrogens is 270 g/mol.